The molecule has 0 bridgehead atoms. The molecule has 1 rings (SSSR count). The van der Waals surface area contributed by atoms with Crippen molar-refractivity contribution in [2.45, 2.75) is 20.0 Å². The summed E-state index contributed by atoms with van der Waals surface area (Å²) in [6, 6.07) is 2.57. The maximum Gasteiger partial charge on any atom is 0.420 e. The zero-order valence-electron chi connectivity index (χ0n) is 9.19. The second kappa shape index (κ2) is 5.08. The quantitative estimate of drug-likeness (QED) is 0.787. The van der Waals surface area contributed by atoms with Gasteiger partial charge in [-0.1, -0.05) is 15.9 Å². The van der Waals surface area contributed by atoms with Gasteiger partial charge in [-0.3, -0.25) is 4.79 Å². The van der Waals surface area contributed by atoms with Gasteiger partial charge in [0.1, 0.15) is 11.3 Å². The number of ether oxygens (including phenoxy) is 1. The molecule has 0 unspecified atom stereocenters. The third-order valence-electron chi connectivity index (χ3n) is 2.05. The van der Waals surface area contributed by atoms with Gasteiger partial charge < -0.3 is 4.74 Å². The number of alkyl halides is 3. The number of benzene rings is 1. The molecule has 6 heteroatoms. The Labute approximate surface area is 105 Å². The molecular formula is C11H10BrF3O2. The number of Topliss-reactive ketones (excluding diaryl/α,β-unsaturated/α-hetero) is 1. The van der Waals surface area contributed by atoms with E-state index in [1.165, 1.54) is 12.1 Å². The average molecular weight is 311 g/mol. The molecule has 0 spiro atoms. The smallest absolute Gasteiger partial charge is 0.420 e. The van der Waals surface area contributed by atoms with Crippen LogP contribution in [0.25, 0.3) is 0 Å². The van der Waals surface area contributed by atoms with Crippen molar-refractivity contribution in [3.8, 4) is 5.75 Å². The third-order valence-corrected chi connectivity index (χ3v) is 2.71. The van der Waals surface area contributed by atoms with E-state index in [1.807, 2.05) is 0 Å². The Balaban J connectivity index is 3.56. The van der Waals surface area contributed by atoms with E-state index in [9.17, 15) is 18.0 Å². The van der Waals surface area contributed by atoms with E-state index in [2.05, 4.69) is 15.9 Å². The van der Waals surface area contributed by atoms with Crippen molar-refractivity contribution in [1.82, 2.24) is 0 Å². The van der Waals surface area contributed by atoms with E-state index in [0.29, 0.717) is 0 Å². The number of hydrogen-bond acceptors (Lipinski definition) is 2. The Hall–Kier alpha value is -1.04. The standard InChI is InChI=1S/C11H10BrF3O2/c1-3-17-8-5-4-7(12)9(6(2)16)10(8)11(13,14)15/h4-5H,3H2,1-2H3. The second-order valence-corrected chi connectivity index (χ2v) is 4.14. The van der Waals surface area contributed by atoms with Gasteiger partial charge >= 0.3 is 6.18 Å². The largest absolute Gasteiger partial charge is 0.493 e. The zero-order chi connectivity index (χ0) is 13.2. The zero-order valence-corrected chi connectivity index (χ0v) is 10.8. The van der Waals surface area contributed by atoms with Crippen LogP contribution in [0, 0.1) is 0 Å². The number of hydrogen-bond donors (Lipinski definition) is 0. The molecule has 1 aromatic carbocycles. The van der Waals surface area contributed by atoms with Crippen molar-refractivity contribution in [3.05, 3.63) is 27.7 Å². The van der Waals surface area contributed by atoms with Crippen LogP contribution in [0.4, 0.5) is 13.2 Å². The summed E-state index contributed by atoms with van der Waals surface area (Å²) in [5, 5.41) is 0. The highest BCUT2D eigenvalue weighted by atomic mass is 79.9. The lowest BCUT2D eigenvalue weighted by atomic mass is 10.0. The second-order valence-electron chi connectivity index (χ2n) is 3.28. The van der Waals surface area contributed by atoms with Crippen LogP contribution in [0.3, 0.4) is 0 Å². The molecule has 17 heavy (non-hydrogen) atoms. The van der Waals surface area contributed by atoms with Crippen molar-refractivity contribution >= 4 is 21.7 Å². The van der Waals surface area contributed by atoms with E-state index in [-0.39, 0.29) is 16.8 Å². The first-order valence-corrected chi connectivity index (χ1v) is 5.61. The minimum atomic E-state index is -4.63. The molecule has 0 saturated heterocycles. The lowest BCUT2D eigenvalue weighted by Gasteiger charge is -2.17. The van der Waals surface area contributed by atoms with Gasteiger partial charge in [-0.25, -0.2) is 0 Å². The maximum absolute atomic E-state index is 12.9. The highest BCUT2D eigenvalue weighted by molar-refractivity contribution is 9.10. The van der Waals surface area contributed by atoms with E-state index in [4.69, 9.17) is 4.74 Å². The van der Waals surface area contributed by atoms with Crippen molar-refractivity contribution in [3.63, 3.8) is 0 Å². The van der Waals surface area contributed by atoms with Gasteiger partial charge in [-0.15, -0.1) is 0 Å². The summed E-state index contributed by atoms with van der Waals surface area (Å²) in [4.78, 5) is 11.3. The van der Waals surface area contributed by atoms with Gasteiger partial charge in [0.05, 0.1) is 6.61 Å². The lowest BCUT2D eigenvalue weighted by Crippen LogP contribution is -2.15. The summed E-state index contributed by atoms with van der Waals surface area (Å²) < 4.78 is 43.8. The van der Waals surface area contributed by atoms with E-state index < -0.39 is 23.1 Å². The van der Waals surface area contributed by atoms with Crippen molar-refractivity contribution < 1.29 is 22.7 Å². The molecule has 94 valence electrons. The Morgan fingerprint density at radius 2 is 2.00 bits per heavy atom. The Kier molecular flexibility index (Phi) is 4.19. The Bertz CT molecular complexity index is 441. The summed E-state index contributed by atoms with van der Waals surface area (Å²) in [5.41, 5.74) is -1.43. The molecule has 0 atom stereocenters. The van der Waals surface area contributed by atoms with Gasteiger partial charge in [0, 0.05) is 10.0 Å². The minimum Gasteiger partial charge on any atom is -0.493 e. The number of ketones is 1. The fourth-order valence-electron chi connectivity index (χ4n) is 1.46. The molecule has 0 aromatic heterocycles. The monoisotopic (exact) mass is 310 g/mol. The van der Waals surface area contributed by atoms with Crippen LogP contribution in [0.2, 0.25) is 0 Å². The molecule has 0 amide bonds. The summed E-state index contributed by atoms with van der Waals surface area (Å²) in [6.07, 6.45) is -4.63. The Morgan fingerprint density at radius 1 is 1.41 bits per heavy atom. The van der Waals surface area contributed by atoms with E-state index in [0.717, 1.165) is 6.92 Å². The summed E-state index contributed by atoms with van der Waals surface area (Å²) >= 11 is 2.95. The van der Waals surface area contributed by atoms with Crippen LogP contribution in [-0.2, 0) is 6.18 Å². The molecule has 0 aliphatic rings. The van der Waals surface area contributed by atoms with E-state index >= 15 is 0 Å². The van der Waals surface area contributed by atoms with Gasteiger partial charge in [0.25, 0.3) is 0 Å². The fraction of sp³-hybridized carbons (Fsp3) is 0.364. The van der Waals surface area contributed by atoms with Crippen LogP contribution in [-0.4, -0.2) is 12.4 Å². The van der Waals surface area contributed by atoms with Crippen molar-refractivity contribution in [2.24, 2.45) is 0 Å². The third kappa shape index (κ3) is 3.00. The van der Waals surface area contributed by atoms with E-state index in [1.54, 1.807) is 6.92 Å². The maximum atomic E-state index is 12.9. The van der Waals surface area contributed by atoms with Gasteiger partial charge in [0.15, 0.2) is 5.78 Å². The van der Waals surface area contributed by atoms with Crippen molar-refractivity contribution in [1.29, 1.82) is 0 Å². The Morgan fingerprint density at radius 3 is 2.41 bits per heavy atom. The summed E-state index contributed by atoms with van der Waals surface area (Å²) in [5.74, 6) is -0.987. The first-order chi connectivity index (χ1) is 7.79. The number of halogens is 4. The molecule has 0 saturated carbocycles. The minimum absolute atomic E-state index is 0.0993. The van der Waals surface area contributed by atoms with Crippen LogP contribution >= 0.6 is 15.9 Å². The van der Waals surface area contributed by atoms with Crippen LogP contribution in [0.1, 0.15) is 29.8 Å². The first-order valence-electron chi connectivity index (χ1n) is 4.82. The molecule has 0 fully saturated rings. The van der Waals surface area contributed by atoms with Crippen LogP contribution in [0.15, 0.2) is 16.6 Å². The normalized spacial score (nSPS) is 11.4. The van der Waals surface area contributed by atoms with Gasteiger partial charge in [-0.05, 0) is 26.0 Å². The topological polar surface area (TPSA) is 26.3 Å². The number of rotatable bonds is 3. The molecular weight excluding hydrogens is 301 g/mol. The first kappa shape index (κ1) is 14.0. The molecule has 0 aliphatic carbocycles. The molecule has 0 radical (unpaired) electrons. The van der Waals surface area contributed by atoms with Crippen molar-refractivity contribution in [2.75, 3.05) is 6.61 Å². The highest BCUT2D eigenvalue weighted by Crippen LogP contribution is 2.41. The summed E-state index contributed by atoms with van der Waals surface area (Å²) in [7, 11) is 0. The van der Waals surface area contributed by atoms with Gasteiger partial charge in [0.2, 0.25) is 0 Å². The van der Waals surface area contributed by atoms with Crippen LogP contribution < -0.4 is 4.74 Å². The molecule has 0 aliphatic heterocycles. The highest BCUT2D eigenvalue weighted by Gasteiger charge is 2.39. The predicted molar refractivity (Wildman–Crippen MR) is 60.3 cm³/mol. The molecule has 1 aromatic rings. The molecule has 0 heterocycles. The molecule has 0 N–H and O–H groups in total. The summed E-state index contributed by atoms with van der Waals surface area (Å²) in [6.45, 7) is 2.77. The SMILES string of the molecule is CCOc1ccc(Br)c(C(C)=O)c1C(F)(F)F. The lowest BCUT2D eigenvalue weighted by molar-refractivity contribution is -0.139. The molecule has 2 nitrogen and oxygen atoms in total. The number of carbonyl (C=O) groups is 1. The van der Waals surface area contributed by atoms with Crippen LogP contribution in [0.5, 0.6) is 5.75 Å². The van der Waals surface area contributed by atoms with Gasteiger partial charge in [-0.2, -0.15) is 13.2 Å². The predicted octanol–water partition coefficient (Wildman–Crippen LogP) is 4.07. The average Bonchev–Trinajstić information content (AvgIpc) is 2.18. The fourth-order valence-corrected chi connectivity index (χ4v) is 2.07. The number of carbonyl (C=O) groups excluding carboxylic acids is 1.